The predicted octanol–water partition coefficient (Wildman–Crippen LogP) is 0.856. The van der Waals surface area contributed by atoms with Crippen molar-refractivity contribution in [1.82, 2.24) is 9.55 Å². The Labute approximate surface area is 88.8 Å². The molecule has 0 saturated heterocycles. The van der Waals surface area contributed by atoms with Crippen molar-refractivity contribution < 1.29 is 10.0 Å². The van der Waals surface area contributed by atoms with Crippen LogP contribution < -0.4 is 0 Å². The fourth-order valence-electron chi connectivity index (χ4n) is 1.09. The van der Waals surface area contributed by atoms with Gasteiger partial charge in [0.1, 0.15) is 18.8 Å². The number of imidazole rings is 1. The normalized spacial score (nSPS) is 12.8. The standard InChI is InChI=1S/C7H10BrN3O3/c1-5-9-3-7(11(13)14)10(5)4-6(12)2-8/h3,6,12H,2,4H2,1H3. The third kappa shape index (κ3) is 2.30. The minimum absolute atomic E-state index is 0.0949. The second-order valence-corrected chi connectivity index (χ2v) is 3.49. The number of hydrogen-bond acceptors (Lipinski definition) is 4. The Morgan fingerprint density at radius 3 is 3.00 bits per heavy atom. The van der Waals surface area contributed by atoms with Crippen LogP contribution in [0.2, 0.25) is 0 Å². The van der Waals surface area contributed by atoms with Gasteiger partial charge in [-0.3, -0.25) is 0 Å². The first kappa shape index (κ1) is 11.1. The van der Waals surface area contributed by atoms with Crippen molar-refractivity contribution in [3.05, 3.63) is 22.1 Å². The fourth-order valence-corrected chi connectivity index (χ4v) is 1.29. The Hall–Kier alpha value is -0.950. The molecule has 1 atom stereocenters. The highest BCUT2D eigenvalue weighted by atomic mass is 79.9. The third-order valence-corrected chi connectivity index (χ3v) is 2.54. The molecule has 1 heterocycles. The zero-order valence-electron chi connectivity index (χ0n) is 7.55. The Balaban J connectivity index is 2.93. The largest absolute Gasteiger partial charge is 0.388 e. The molecule has 0 radical (unpaired) electrons. The Morgan fingerprint density at radius 1 is 1.86 bits per heavy atom. The lowest BCUT2D eigenvalue weighted by Gasteiger charge is -2.06. The van der Waals surface area contributed by atoms with Crippen LogP contribution in [0.15, 0.2) is 6.20 Å². The molecule has 0 aliphatic carbocycles. The number of nitro groups is 1. The van der Waals surface area contributed by atoms with E-state index in [1.165, 1.54) is 10.8 Å². The van der Waals surface area contributed by atoms with E-state index in [1.807, 2.05) is 0 Å². The van der Waals surface area contributed by atoms with Gasteiger partial charge in [0.05, 0.1) is 0 Å². The number of halogens is 1. The van der Waals surface area contributed by atoms with Crippen LogP contribution in [0.1, 0.15) is 5.82 Å². The summed E-state index contributed by atoms with van der Waals surface area (Å²) in [6.45, 7) is 1.83. The number of aliphatic hydroxyl groups is 1. The second kappa shape index (κ2) is 4.52. The van der Waals surface area contributed by atoms with Crippen molar-refractivity contribution >= 4 is 21.7 Å². The van der Waals surface area contributed by atoms with E-state index in [4.69, 9.17) is 0 Å². The second-order valence-electron chi connectivity index (χ2n) is 2.84. The topological polar surface area (TPSA) is 81.2 Å². The summed E-state index contributed by atoms with van der Waals surface area (Å²) in [4.78, 5) is 13.9. The molecule has 6 nitrogen and oxygen atoms in total. The number of nitrogens with zero attached hydrogens (tertiary/aromatic N) is 3. The highest BCUT2D eigenvalue weighted by Gasteiger charge is 2.19. The minimum atomic E-state index is -0.651. The Bertz CT molecular complexity index is 339. The van der Waals surface area contributed by atoms with E-state index in [0.717, 1.165) is 0 Å². The van der Waals surface area contributed by atoms with Crippen LogP contribution >= 0.6 is 15.9 Å². The van der Waals surface area contributed by atoms with Crippen LogP contribution in [0.3, 0.4) is 0 Å². The maximum atomic E-state index is 10.6. The summed E-state index contributed by atoms with van der Waals surface area (Å²) in [5, 5.41) is 20.3. The predicted molar refractivity (Wildman–Crippen MR) is 53.4 cm³/mol. The monoisotopic (exact) mass is 263 g/mol. The lowest BCUT2D eigenvalue weighted by atomic mass is 10.4. The van der Waals surface area contributed by atoms with E-state index < -0.39 is 11.0 Å². The number of rotatable bonds is 4. The van der Waals surface area contributed by atoms with Gasteiger partial charge >= 0.3 is 5.82 Å². The summed E-state index contributed by atoms with van der Waals surface area (Å²) in [6.07, 6.45) is 0.539. The van der Waals surface area contributed by atoms with E-state index in [9.17, 15) is 15.2 Å². The summed E-state index contributed by atoms with van der Waals surface area (Å²) < 4.78 is 1.38. The van der Waals surface area contributed by atoms with Crippen LogP contribution in [0, 0.1) is 17.0 Å². The van der Waals surface area contributed by atoms with Gasteiger partial charge in [0, 0.05) is 12.3 Å². The third-order valence-electron chi connectivity index (χ3n) is 1.79. The van der Waals surface area contributed by atoms with E-state index in [2.05, 4.69) is 20.9 Å². The summed E-state index contributed by atoms with van der Waals surface area (Å²) in [5.74, 6) is 0.430. The minimum Gasteiger partial charge on any atom is -0.388 e. The first-order chi connectivity index (χ1) is 6.56. The van der Waals surface area contributed by atoms with Gasteiger partial charge in [-0.2, -0.15) is 0 Å². The number of hydrogen-bond donors (Lipinski definition) is 1. The van der Waals surface area contributed by atoms with Crippen molar-refractivity contribution in [2.75, 3.05) is 5.33 Å². The van der Waals surface area contributed by atoms with E-state index in [0.29, 0.717) is 11.2 Å². The molecule has 0 fully saturated rings. The van der Waals surface area contributed by atoms with Crippen molar-refractivity contribution in [3.8, 4) is 0 Å². The molecule has 1 rings (SSSR count). The maximum Gasteiger partial charge on any atom is 0.342 e. The molecule has 0 saturated carbocycles. The lowest BCUT2D eigenvalue weighted by molar-refractivity contribution is -0.392. The van der Waals surface area contributed by atoms with Gasteiger partial charge in [0.15, 0.2) is 5.82 Å². The van der Waals surface area contributed by atoms with Gasteiger partial charge in [0.2, 0.25) is 0 Å². The molecule has 1 N–H and O–H groups in total. The molecule has 1 aromatic heterocycles. The molecule has 0 spiro atoms. The SMILES string of the molecule is Cc1ncc([N+](=O)[O-])n1CC(O)CBr. The van der Waals surface area contributed by atoms with Crippen LogP contribution in [0.5, 0.6) is 0 Å². The maximum absolute atomic E-state index is 10.6. The Kier molecular flexibility index (Phi) is 3.59. The first-order valence-corrected chi connectivity index (χ1v) is 5.09. The molecular formula is C7H10BrN3O3. The van der Waals surface area contributed by atoms with Crippen molar-refractivity contribution in [3.63, 3.8) is 0 Å². The summed E-state index contributed by atoms with van der Waals surface area (Å²) in [5.41, 5.74) is 0. The molecule has 0 amide bonds. The van der Waals surface area contributed by atoms with Crippen molar-refractivity contribution in [2.45, 2.75) is 19.6 Å². The Morgan fingerprint density at radius 2 is 2.50 bits per heavy atom. The van der Waals surface area contributed by atoms with Crippen LogP contribution in [0.4, 0.5) is 5.82 Å². The molecule has 0 aliphatic heterocycles. The van der Waals surface area contributed by atoms with Crippen LogP contribution in [-0.2, 0) is 6.54 Å². The molecule has 0 aromatic carbocycles. The average Bonchev–Trinajstić information content (AvgIpc) is 2.48. The van der Waals surface area contributed by atoms with E-state index in [-0.39, 0.29) is 12.4 Å². The summed E-state index contributed by atoms with van der Waals surface area (Å²) in [7, 11) is 0. The van der Waals surface area contributed by atoms with Gasteiger partial charge in [-0.1, -0.05) is 15.9 Å². The van der Waals surface area contributed by atoms with Gasteiger partial charge in [-0.05, 0) is 4.92 Å². The number of alkyl halides is 1. The number of aromatic nitrogens is 2. The van der Waals surface area contributed by atoms with Gasteiger partial charge < -0.3 is 15.2 Å². The van der Waals surface area contributed by atoms with Crippen LogP contribution in [0.25, 0.3) is 0 Å². The van der Waals surface area contributed by atoms with Crippen LogP contribution in [-0.4, -0.2) is 31.0 Å². The molecular weight excluding hydrogens is 254 g/mol. The average molecular weight is 264 g/mol. The molecule has 78 valence electrons. The molecule has 0 aliphatic rings. The van der Waals surface area contributed by atoms with Gasteiger partial charge in [0.25, 0.3) is 0 Å². The smallest absolute Gasteiger partial charge is 0.342 e. The zero-order chi connectivity index (χ0) is 10.7. The molecule has 7 heteroatoms. The quantitative estimate of drug-likeness (QED) is 0.496. The first-order valence-electron chi connectivity index (χ1n) is 3.96. The van der Waals surface area contributed by atoms with Gasteiger partial charge in [-0.15, -0.1) is 0 Å². The number of aliphatic hydroxyl groups excluding tert-OH is 1. The molecule has 1 aromatic rings. The summed E-state index contributed by atoms with van der Waals surface area (Å²) >= 11 is 3.09. The lowest BCUT2D eigenvalue weighted by Crippen LogP contribution is -2.19. The van der Waals surface area contributed by atoms with E-state index in [1.54, 1.807) is 6.92 Å². The number of aryl methyl sites for hydroxylation is 1. The van der Waals surface area contributed by atoms with Crippen molar-refractivity contribution in [2.24, 2.45) is 0 Å². The fraction of sp³-hybridized carbons (Fsp3) is 0.571. The van der Waals surface area contributed by atoms with Gasteiger partial charge in [-0.25, -0.2) is 9.55 Å². The molecule has 0 bridgehead atoms. The van der Waals surface area contributed by atoms with Crippen molar-refractivity contribution in [1.29, 1.82) is 0 Å². The summed E-state index contributed by atoms with van der Waals surface area (Å²) in [6, 6.07) is 0. The molecule has 1 unspecified atom stereocenters. The highest BCUT2D eigenvalue weighted by Crippen LogP contribution is 2.14. The zero-order valence-corrected chi connectivity index (χ0v) is 9.14. The van der Waals surface area contributed by atoms with E-state index >= 15 is 0 Å². The highest BCUT2D eigenvalue weighted by molar-refractivity contribution is 9.09. The molecule has 14 heavy (non-hydrogen) atoms.